The number of rotatable bonds is 3. The van der Waals surface area contributed by atoms with E-state index in [2.05, 4.69) is 15.5 Å². The average molecular weight is 286 g/mol. The maximum Gasteiger partial charge on any atom is 0.147 e. The molecular weight excluding hydrogens is 274 g/mol. The predicted octanol–water partition coefficient (Wildman–Crippen LogP) is 4.24. The van der Waals surface area contributed by atoms with E-state index in [1.807, 2.05) is 43.3 Å². The van der Waals surface area contributed by atoms with Gasteiger partial charge in [0.25, 0.3) is 0 Å². The van der Waals surface area contributed by atoms with E-state index in [9.17, 15) is 0 Å². The number of halogens is 1. The van der Waals surface area contributed by atoms with Crippen molar-refractivity contribution in [2.75, 3.05) is 5.43 Å². The molecule has 1 aromatic carbocycles. The van der Waals surface area contributed by atoms with Crippen LogP contribution >= 0.6 is 11.6 Å². The molecule has 0 fully saturated rings. The minimum atomic E-state index is 0.681. The molecule has 5 heteroatoms. The summed E-state index contributed by atoms with van der Waals surface area (Å²) in [5.41, 5.74) is 4.87. The van der Waals surface area contributed by atoms with Gasteiger partial charge in [-0.2, -0.15) is 5.10 Å². The molecule has 0 aliphatic rings. The summed E-state index contributed by atoms with van der Waals surface area (Å²) in [5, 5.41) is 5.84. The molecule has 0 saturated heterocycles. The Balaban J connectivity index is 1.87. The zero-order chi connectivity index (χ0) is 13.9. The van der Waals surface area contributed by atoms with Crippen molar-refractivity contribution in [1.82, 2.24) is 4.98 Å². The summed E-state index contributed by atoms with van der Waals surface area (Å²) in [6, 6.07) is 11.2. The van der Waals surface area contributed by atoms with Crippen molar-refractivity contribution in [3.63, 3.8) is 0 Å². The largest absolute Gasteiger partial charge is 0.463 e. The van der Waals surface area contributed by atoms with Gasteiger partial charge in [-0.25, -0.2) is 4.98 Å². The van der Waals surface area contributed by atoms with Crippen LogP contribution in [0, 0.1) is 6.92 Å². The van der Waals surface area contributed by atoms with Crippen LogP contribution in [0.25, 0.3) is 10.9 Å². The first kappa shape index (κ1) is 12.7. The van der Waals surface area contributed by atoms with Crippen LogP contribution in [-0.4, -0.2) is 11.2 Å². The number of hydrogen-bond donors (Lipinski definition) is 1. The van der Waals surface area contributed by atoms with Crippen molar-refractivity contribution in [2.45, 2.75) is 6.92 Å². The summed E-state index contributed by atoms with van der Waals surface area (Å²) in [5.74, 6) is 1.36. The lowest BCUT2D eigenvalue weighted by Gasteiger charge is -2.06. The minimum Gasteiger partial charge on any atom is -0.463 e. The highest BCUT2D eigenvalue weighted by molar-refractivity contribution is 6.31. The highest BCUT2D eigenvalue weighted by Gasteiger charge is 2.03. The molecule has 0 amide bonds. The Hall–Kier alpha value is -2.33. The number of hydrogen-bond acceptors (Lipinski definition) is 4. The van der Waals surface area contributed by atoms with E-state index >= 15 is 0 Å². The molecule has 0 saturated carbocycles. The number of nitrogens with one attached hydrogen (secondary N) is 1. The Kier molecular flexibility index (Phi) is 3.39. The van der Waals surface area contributed by atoms with Crippen LogP contribution in [-0.2, 0) is 0 Å². The average Bonchev–Trinajstić information content (AvgIpc) is 2.93. The number of anilines is 1. The van der Waals surface area contributed by atoms with Gasteiger partial charge in [-0.1, -0.05) is 11.6 Å². The van der Waals surface area contributed by atoms with Crippen LogP contribution in [0.3, 0.4) is 0 Å². The first-order valence-electron chi connectivity index (χ1n) is 6.12. The zero-order valence-electron chi connectivity index (χ0n) is 10.8. The number of nitrogens with zero attached hydrogens (tertiary/aromatic N) is 2. The van der Waals surface area contributed by atoms with Crippen LogP contribution < -0.4 is 5.43 Å². The molecule has 0 unspecified atom stereocenters. The minimum absolute atomic E-state index is 0.681. The lowest BCUT2D eigenvalue weighted by Crippen LogP contribution is -1.95. The van der Waals surface area contributed by atoms with Crippen molar-refractivity contribution in [1.29, 1.82) is 0 Å². The van der Waals surface area contributed by atoms with E-state index in [-0.39, 0.29) is 0 Å². The van der Waals surface area contributed by atoms with Gasteiger partial charge < -0.3 is 4.42 Å². The van der Waals surface area contributed by atoms with Crippen LogP contribution in [0.1, 0.15) is 11.3 Å². The molecule has 3 aromatic rings. The quantitative estimate of drug-likeness (QED) is 0.578. The molecule has 3 rings (SSSR count). The molecule has 2 aromatic heterocycles. The van der Waals surface area contributed by atoms with Crippen LogP contribution in [0.5, 0.6) is 0 Å². The fraction of sp³-hybridized carbons (Fsp3) is 0.0667. The number of hydrazone groups is 1. The van der Waals surface area contributed by atoms with E-state index in [0.29, 0.717) is 16.6 Å². The predicted molar refractivity (Wildman–Crippen MR) is 81.4 cm³/mol. The number of fused-ring (bicyclic) bond motifs is 1. The van der Waals surface area contributed by atoms with E-state index < -0.39 is 0 Å². The first-order valence-corrected chi connectivity index (χ1v) is 6.50. The molecular formula is C15H12ClN3O. The normalized spacial score (nSPS) is 11.3. The van der Waals surface area contributed by atoms with Crippen molar-refractivity contribution < 1.29 is 4.42 Å². The summed E-state index contributed by atoms with van der Waals surface area (Å²) < 4.78 is 5.15. The summed E-state index contributed by atoms with van der Waals surface area (Å²) >= 11 is 5.99. The fourth-order valence-electron chi connectivity index (χ4n) is 1.95. The van der Waals surface area contributed by atoms with Gasteiger partial charge in [0.1, 0.15) is 11.6 Å². The Morgan fingerprint density at radius 3 is 3.00 bits per heavy atom. The SMILES string of the molecule is Cc1cc(N/N=C/c2ccco2)nc2ccc(Cl)cc12. The zero-order valence-corrected chi connectivity index (χ0v) is 11.6. The number of aromatic nitrogens is 1. The lowest BCUT2D eigenvalue weighted by atomic mass is 10.1. The second-order valence-corrected chi connectivity index (χ2v) is 4.81. The van der Waals surface area contributed by atoms with E-state index in [4.69, 9.17) is 16.0 Å². The molecule has 0 atom stereocenters. The first-order chi connectivity index (χ1) is 9.72. The molecule has 4 nitrogen and oxygen atoms in total. The third kappa shape index (κ3) is 2.65. The highest BCUT2D eigenvalue weighted by Crippen LogP contribution is 2.23. The van der Waals surface area contributed by atoms with Gasteiger partial charge in [0.15, 0.2) is 0 Å². The second-order valence-electron chi connectivity index (χ2n) is 4.37. The maximum absolute atomic E-state index is 5.99. The molecule has 2 heterocycles. The van der Waals surface area contributed by atoms with Gasteiger partial charge in [0.05, 0.1) is 18.0 Å². The lowest BCUT2D eigenvalue weighted by molar-refractivity contribution is 0.560. The van der Waals surface area contributed by atoms with Gasteiger partial charge in [0, 0.05) is 10.4 Å². The van der Waals surface area contributed by atoms with Gasteiger partial charge >= 0.3 is 0 Å². The molecule has 100 valence electrons. The Morgan fingerprint density at radius 2 is 2.20 bits per heavy atom. The van der Waals surface area contributed by atoms with Crippen molar-refractivity contribution >= 4 is 34.5 Å². The Bertz CT molecular complexity index is 766. The maximum atomic E-state index is 5.99. The van der Waals surface area contributed by atoms with Crippen molar-refractivity contribution in [3.8, 4) is 0 Å². The highest BCUT2D eigenvalue weighted by atomic mass is 35.5. The van der Waals surface area contributed by atoms with Crippen LogP contribution in [0.15, 0.2) is 52.2 Å². The van der Waals surface area contributed by atoms with E-state index in [1.54, 1.807) is 12.5 Å². The standard InChI is InChI=1S/C15H12ClN3O/c1-10-7-15(19-17-9-12-3-2-6-20-12)18-14-5-4-11(16)8-13(10)14/h2-9H,1H3,(H,18,19)/b17-9+. The second kappa shape index (κ2) is 5.35. The smallest absolute Gasteiger partial charge is 0.147 e. The van der Waals surface area contributed by atoms with E-state index in [0.717, 1.165) is 16.5 Å². The summed E-state index contributed by atoms with van der Waals surface area (Å²) in [6.07, 6.45) is 3.20. The van der Waals surface area contributed by atoms with Gasteiger partial charge in [-0.3, -0.25) is 5.43 Å². The van der Waals surface area contributed by atoms with Gasteiger partial charge in [0.2, 0.25) is 0 Å². The molecule has 0 aliphatic carbocycles. The number of benzene rings is 1. The monoisotopic (exact) mass is 285 g/mol. The number of pyridine rings is 1. The van der Waals surface area contributed by atoms with Crippen LogP contribution in [0.2, 0.25) is 5.02 Å². The van der Waals surface area contributed by atoms with Crippen molar-refractivity contribution in [2.24, 2.45) is 5.10 Å². The molecule has 0 bridgehead atoms. The fourth-order valence-corrected chi connectivity index (χ4v) is 2.12. The van der Waals surface area contributed by atoms with Gasteiger partial charge in [-0.05, 0) is 48.9 Å². The number of furan rings is 1. The molecule has 1 N–H and O–H groups in total. The number of aryl methyl sites for hydroxylation is 1. The summed E-state index contributed by atoms with van der Waals surface area (Å²) in [4.78, 5) is 4.48. The molecule has 0 spiro atoms. The van der Waals surface area contributed by atoms with E-state index in [1.165, 1.54) is 0 Å². The van der Waals surface area contributed by atoms with Crippen LogP contribution in [0.4, 0.5) is 5.82 Å². The molecule has 0 radical (unpaired) electrons. The van der Waals surface area contributed by atoms with Gasteiger partial charge in [-0.15, -0.1) is 0 Å². The summed E-state index contributed by atoms with van der Waals surface area (Å²) in [6.45, 7) is 2.02. The molecule has 20 heavy (non-hydrogen) atoms. The summed E-state index contributed by atoms with van der Waals surface area (Å²) in [7, 11) is 0. The molecule has 0 aliphatic heterocycles. The topological polar surface area (TPSA) is 50.4 Å². The Morgan fingerprint density at radius 1 is 1.30 bits per heavy atom. The third-order valence-electron chi connectivity index (χ3n) is 2.89. The Labute approximate surface area is 121 Å². The van der Waals surface area contributed by atoms with Crippen molar-refractivity contribution in [3.05, 3.63) is 59.0 Å². The third-order valence-corrected chi connectivity index (χ3v) is 3.13.